The molecule has 1 heterocycles. The van der Waals surface area contributed by atoms with Gasteiger partial charge in [-0.3, -0.25) is 0 Å². The van der Waals surface area contributed by atoms with E-state index < -0.39 is 5.97 Å². The van der Waals surface area contributed by atoms with Gasteiger partial charge in [0.05, 0.1) is 24.3 Å². The summed E-state index contributed by atoms with van der Waals surface area (Å²) in [7, 11) is 0. The molecule has 0 spiro atoms. The molecule has 26 heavy (non-hydrogen) atoms. The molecule has 132 valence electrons. The van der Waals surface area contributed by atoms with E-state index >= 15 is 0 Å². The van der Waals surface area contributed by atoms with E-state index in [1.807, 2.05) is 12.1 Å². The first-order valence-corrected chi connectivity index (χ1v) is 7.74. The van der Waals surface area contributed by atoms with Gasteiger partial charge in [-0.1, -0.05) is 0 Å². The van der Waals surface area contributed by atoms with Crippen molar-refractivity contribution >= 4 is 29.0 Å². The van der Waals surface area contributed by atoms with Gasteiger partial charge in [0.15, 0.2) is 11.6 Å². The lowest BCUT2D eigenvalue weighted by atomic mass is 10.2. The van der Waals surface area contributed by atoms with Crippen LogP contribution >= 0.6 is 0 Å². The molecule has 0 bridgehead atoms. The largest absolute Gasteiger partial charge is 0.462 e. The molecule has 2 rings (SSSR count). The third-order valence-corrected chi connectivity index (χ3v) is 3.34. The van der Waals surface area contributed by atoms with Crippen LogP contribution in [0.4, 0.5) is 23.0 Å². The van der Waals surface area contributed by atoms with Gasteiger partial charge in [0.2, 0.25) is 0 Å². The summed E-state index contributed by atoms with van der Waals surface area (Å²) in [5, 5.41) is 20.8. The highest BCUT2D eigenvalue weighted by atomic mass is 16.5. The van der Waals surface area contributed by atoms with E-state index in [0.717, 1.165) is 0 Å². The Balaban J connectivity index is 2.22. The molecular formula is C17H17N7O2. The molecule has 0 aliphatic rings. The monoisotopic (exact) mass is 351 g/mol. The zero-order chi connectivity index (χ0) is 18.9. The fourth-order valence-electron chi connectivity index (χ4n) is 2.16. The Kier molecular flexibility index (Phi) is 6.29. The van der Waals surface area contributed by atoms with Gasteiger partial charge in [0, 0.05) is 5.69 Å². The molecule has 0 unspecified atom stereocenters. The van der Waals surface area contributed by atoms with Gasteiger partial charge in [-0.15, -0.1) is 0 Å². The average Bonchev–Trinajstić information content (AvgIpc) is 2.64. The number of hydrogen-bond acceptors (Lipinski definition) is 9. The van der Waals surface area contributed by atoms with Crippen molar-refractivity contribution in [2.45, 2.75) is 6.92 Å². The van der Waals surface area contributed by atoms with Gasteiger partial charge in [-0.05, 0) is 31.2 Å². The summed E-state index contributed by atoms with van der Waals surface area (Å²) in [5.74, 6) is 0.236. The number of nitriles is 2. The summed E-state index contributed by atoms with van der Waals surface area (Å²) < 4.78 is 4.94. The third-order valence-electron chi connectivity index (χ3n) is 3.34. The molecule has 1 aromatic heterocycles. The number of esters is 1. The smallest absolute Gasteiger partial charge is 0.338 e. The van der Waals surface area contributed by atoms with Crippen LogP contribution in [-0.2, 0) is 4.74 Å². The number of nitrogens with zero attached hydrogens (tertiary/aromatic N) is 5. The topological polar surface area (TPSA) is 141 Å². The summed E-state index contributed by atoms with van der Waals surface area (Å²) in [6.07, 6.45) is 1.29. The first-order chi connectivity index (χ1) is 12.6. The maximum absolute atomic E-state index is 11.7. The highest BCUT2D eigenvalue weighted by Crippen LogP contribution is 2.28. The van der Waals surface area contributed by atoms with Crippen LogP contribution in [0, 0.1) is 22.7 Å². The number of nitrogens with two attached hydrogens (primary N) is 1. The van der Waals surface area contributed by atoms with E-state index in [4.69, 9.17) is 21.0 Å². The Hall–Kier alpha value is -3.85. The van der Waals surface area contributed by atoms with E-state index in [1.165, 1.54) is 11.2 Å². The van der Waals surface area contributed by atoms with Crippen molar-refractivity contribution in [1.82, 2.24) is 9.97 Å². The van der Waals surface area contributed by atoms with Crippen molar-refractivity contribution in [3.63, 3.8) is 0 Å². The summed E-state index contributed by atoms with van der Waals surface area (Å²) in [6.45, 7) is 2.00. The van der Waals surface area contributed by atoms with E-state index in [2.05, 4.69) is 15.3 Å². The molecule has 0 atom stereocenters. The number of hydrogen-bond donors (Lipinski definition) is 2. The Morgan fingerprint density at radius 3 is 2.46 bits per heavy atom. The second-order valence-electron chi connectivity index (χ2n) is 5.05. The molecule has 0 amide bonds. The molecule has 9 nitrogen and oxygen atoms in total. The maximum Gasteiger partial charge on any atom is 0.338 e. The van der Waals surface area contributed by atoms with Crippen molar-refractivity contribution < 1.29 is 9.53 Å². The van der Waals surface area contributed by atoms with Crippen molar-refractivity contribution in [2.75, 3.05) is 35.6 Å². The molecule has 0 aliphatic carbocycles. The van der Waals surface area contributed by atoms with Crippen LogP contribution in [0.2, 0.25) is 0 Å². The number of nitrogens with one attached hydrogen (secondary N) is 1. The fraction of sp³-hybridized carbons (Fsp3) is 0.235. The Labute approximate surface area is 150 Å². The van der Waals surface area contributed by atoms with Crippen LogP contribution in [0.15, 0.2) is 30.6 Å². The normalized spacial score (nSPS) is 9.65. The molecule has 2 aromatic rings. The lowest BCUT2D eigenvalue weighted by Crippen LogP contribution is -2.26. The number of benzene rings is 1. The predicted octanol–water partition coefficient (Wildman–Crippen LogP) is 1.83. The van der Waals surface area contributed by atoms with Crippen LogP contribution in [0.5, 0.6) is 0 Å². The third kappa shape index (κ3) is 4.36. The molecule has 0 radical (unpaired) electrons. The Morgan fingerprint density at radius 2 is 1.88 bits per heavy atom. The van der Waals surface area contributed by atoms with Crippen molar-refractivity contribution in [1.29, 1.82) is 10.5 Å². The van der Waals surface area contributed by atoms with E-state index in [0.29, 0.717) is 29.5 Å². The number of rotatable bonds is 7. The number of carbonyl (C=O) groups is 1. The molecule has 0 saturated carbocycles. The minimum Gasteiger partial charge on any atom is -0.462 e. The quantitative estimate of drug-likeness (QED) is 0.564. The van der Waals surface area contributed by atoms with Crippen LogP contribution in [0.25, 0.3) is 0 Å². The highest BCUT2D eigenvalue weighted by Gasteiger charge is 2.15. The Morgan fingerprint density at radius 1 is 1.23 bits per heavy atom. The average molecular weight is 351 g/mol. The van der Waals surface area contributed by atoms with Crippen LogP contribution in [-0.4, -0.2) is 35.6 Å². The van der Waals surface area contributed by atoms with Gasteiger partial charge in [-0.25, -0.2) is 14.8 Å². The summed E-state index contributed by atoms with van der Waals surface area (Å²) in [4.78, 5) is 21.3. The van der Waals surface area contributed by atoms with Gasteiger partial charge >= 0.3 is 5.97 Å². The van der Waals surface area contributed by atoms with Crippen molar-refractivity contribution in [3.05, 3.63) is 36.2 Å². The van der Waals surface area contributed by atoms with Crippen LogP contribution in [0.1, 0.15) is 17.3 Å². The molecular weight excluding hydrogens is 334 g/mol. The minimum absolute atomic E-state index is 0.0253. The summed E-state index contributed by atoms with van der Waals surface area (Å²) in [5.41, 5.74) is 7.39. The number of nitrogen functional groups attached to an aromatic ring is 1. The summed E-state index contributed by atoms with van der Waals surface area (Å²) >= 11 is 0. The van der Waals surface area contributed by atoms with Crippen molar-refractivity contribution in [3.8, 4) is 12.1 Å². The zero-order valence-corrected chi connectivity index (χ0v) is 14.1. The van der Waals surface area contributed by atoms with Crippen LogP contribution < -0.4 is 16.0 Å². The second kappa shape index (κ2) is 8.85. The Bertz CT molecular complexity index is 837. The molecule has 0 saturated heterocycles. The van der Waals surface area contributed by atoms with Gasteiger partial charge < -0.3 is 20.7 Å². The molecule has 1 aromatic carbocycles. The highest BCUT2D eigenvalue weighted by molar-refractivity contribution is 5.90. The standard InChI is InChI=1S/C17H17N7O2/c1-2-26-17(25)12-3-5-13(6-4-12)23-15-14(20)16(22-11-21-15)24(9-7-18)10-8-19/h3-6,11H,2,9-10,20H2,1H3,(H,21,22,23). The number of carbonyl (C=O) groups excluding carboxylic acids is 1. The number of aromatic nitrogens is 2. The van der Waals surface area contributed by atoms with Crippen molar-refractivity contribution in [2.24, 2.45) is 0 Å². The zero-order valence-electron chi connectivity index (χ0n) is 14.1. The molecule has 0 aliphatic heterocycles. The van der Waals surface area contributed by atoms with E-state index in [9.17, 15) is 4.79 Å². The molecule has 0 fully saturated rings. The SMILES string of the molecule is CCOC(=O)c1ccc(Nc2ncnc(N(CC#N)CC#N)c2N)cc1. The maximum atomic E-state index is 11.7. The lowest BCUT2D eigenvalue weighted by Gasteiger charge is -2.20. The lowest BCUT2D eigenvalue weighted by molar-refractivity contribution is 0.0526. The van der Waals surface area contributed by atoms with E-state index in [-0.39, 0.29) is 18.8 Å². The van der Waals surface area contributed by atoms with Gasteiger partial charge in [-0.2, -0.15) is 10.5 Å². The van der Waals surface area contributed by atoms with E-state index in [1.54, 1.807) is 31.2 Å². The summed E-state index contributed by atoms with van der Waals surface area (Å²) in [6, 6.07) is 10.6. The van der Waals surface area contributed by atoms with Gasteiger partial charge in [0.25, 0.3) is 0 Å². The first kappa shape index (κ1) is 18.5. The molecule has 3 N–H and O–H groups in total. The predicted molar refractivity (Wildman–Crippen MR) is 95.6 cm³/mol. The van der Waals surface area contributed by atoms with Crippen LogP contribution in [0.3, 0.4) is 0 Å². The number of anilines is 4. The fourth-order valence-corrected chi connectivity index (χ4v) is 2.16. The molecule has 9 heteroatoms. The second-order valence-corrected chi connectivity index (χ2v) is 5.05. The first-order valence-electron chi connectivity index (χ1n) is 7.74. The minimum atomic E-state index is -0.397. The van der Waals surface area contributed by atoms with Gasteiger partial charge in [0.1, 0.15) is 25.1 Å². The number of ether oxygens (including phenoxy) is 1.